The van der Waals surface area contributed by atoms with Gasteiger partial charge in [-0.1, -0.05) is 28.1 Å². The second-order valence-corrected chi connectivity index (χ2v) is 5.72. The van der Waals surface area contributed by atoms with Crippen LogP contribution in [0.2, 0.25) is 0 Å². The Bertz CT molecular complexity index is 660. The predicted octanol–water partition coefficient (Wildman–Crippen LogP) is 3.64. The lowest BCUT2D eigenvalue weighted by molar-refractivity contribution is 0.164. The molecule has 0 fully saturated rings. The van der Waals surface area contributed by atoms with Crippen molar-refractivity contribution in [2.45, 2.75) is 12.5 Å². The Kier molecular flexibility index (Phi) is 4.12. The molecule has 1 aliphatic rings. The summed E-state index contributed by atoms with van der Waals surface area (Å²) in [4.78, 5) is 0. The summed E-state index contributed by atoms with van der Waals surface area (Å²) in [5.74, 6) is 0.980. The van der Waals surface area contributed by atoms with E-state index in [4.69, 9.17) is 9.47 Å². The van der Waals surface area contributed by atoms with Crippen LogP contribution in [0.5, 0.6) is 11.5 Å². The number of aliphatic hydroxyl groups is 1. The topological polar surface area (TPSA) is 38.7 Å². The van der Waals surface area contributed by atoms with Crippen molar-refractivity contribution < 1.29 is 19.0 Å². The molecule has 2 aromatic rings. The fourth-order valence-electron chi connectivity index (χ4n) is 2.33. The van der Waals surface area contributed by atoms with Gasteiger partial charge in [-0.15, -0.1) is 0 Å². The van der Waals surface area contributed by atoms with E-state index in [2.05, 4.69) is 15.9 Å². The van der Waals surface area contributed by atoms with Gasteiger partial charge in [-0.3, -0.25) is 0 Å². The van der Waals surface area contributed by atoms with Crippen LogP contribution in [0.15, 0.2) is 40.9 Å². The molecule has 2 aromatic carbocycles. The van der Waals surface area contributed by atoms with E-state index < -0.39 is 6.10 Å². The molecule has 0 amide bonds. The Hall–Kier alpha value is -1.59. The minimum Gasteiger partial charge on any atom is -0.486 e. The van der Waals surface area contributed by atoms with Gasteiger partial charge in [0.1, 0.15) is 19.0 Å². The van der Waals surface area contributed by atoms with Crippen LogP contribution in [0.25, 0.3) is 0 Å². The highest BCUT2D eigenvalue weighted by Gasteiger charge is 2.19. The number of aliphatic hydroxyl groups excluding tert-OH is 1. The van der Waals surface area contributed by atoms with Crippen LogP contribution in [0, 0.1) is 5.82 Å². The van der Waals surface area contributed by atoms with Crippen molar-refractivity contribution in [1.82, 2.24) is 0 Å². The first-order chi connectivity index (χ1) is 10.1. The largest absolute Gasteiger partial charge is 0.486 e. The Morgan fingerprint density at radius 2 is 1.86 bits per heavy atom. The lowest BCUT2D eigenvalue weighted by Crippen LogP contribution is -2.16. The molecule has 0 saturated heterocycles. The van der Waals surface area contributed by atoms with E-state index in [0.717, 1.165) is 10.0 Å². The van der Waals surface area contributed by atoms with Crippen LogP contribution in [0.4, 0.5) is 4.39 Å². The van der Waals surface area contributed by atoms with Gasteiger partial charge in [0, 0.05) is 10.9 Å². The summed E-state index contributed by atoms with van der Waals surface area (Å²) in [6.07, 6.45) is -0.423. The van der Waals surface area contributed by atoms with E-state index in [1.807, 2.05) is 0 Å². The van der Waals surface area contributed by atoms with Crippen LogP contribution in [-0.2, 0) is 6.42 Å². The van der Waals surface area contributed by atoms with Crippen LogP contribution in [-0.4, -0.2) is 18.3 Å². The molecular formula is C16H14BrFO3. The van der Waals surface area contributed by atoms with Crippen molar-refractivity contribution >= 4 is 15.9 Å². The normalized spacial score (nSPS) is 14.8. The minimum atomic E-state index is -0.753. The third kappa shape index (κ3) is 3.19. The smallest absolute Gasteiger partial charge is 0.162 e. The van der Waals surface area contributed by atoms with Gasteiger partial charge >= 0.3 is 0 Å². The lowest BCUT2D eigenvalue weighted by Gasteiger charge is -2.21. The summed E-state index contributed by atoms with van der Waals surface area (Å²) in [5, 5.41) is 10.4. The molecule has 0 spiro atoms. The molecular weight excluding hydrogens is 339 g/mol. The molecule has 1 unspecified atom stereocenters. The molecule has 1 atom stereocenters. The maximum absolute atomic E-state index is 13.2. The zero-order valence-electron chi connectivity index (χ0n) is 11.2. The lowest BCUT2D eigenvalue weighted by atomic mass is 10.0. The number of hydrogen-bond donors (Lipinski definition) is 1. The van der Waals surface area contributed by atoms with Gasteiger partial charge in [0.2, 0.25) is 0 Å². The molecule has 0 saturated carbocycles. The van der Waals surface area contributed by atoms with E-state index in [0.29, 0.717) is 36.7 Å². The number of fused-ring (bicyclic) bond motifs is 1. The first-order valence-corrected chi connectivity index (χ1v) is 7.44. The second kappa shape index (κ2) is 6.03. The molecule has 0 aromatic heterocycles. The van der Waals surface area contributed by atoms with E-state index in [9.17, 15) is 9.50 Å². The predicted molar refractivity (Wildman–Crippen MR) is 80.2 cm³/mol. The summed E-state index contributed by atoms with van der Waals surface area (Å²) < 4.78 is 25.0. The van der Waals surface area contributed by atoms with Gasteiger partial charge in [-0.25, -0.2) is 4.39 Å². The minimum absolute atomic E-state index is 0.305. The van der Waals surface area contributed by atoms with Gasteiger partial charge in [0.25, 0.3) is 0 Å². The standard InChI is InChI=1S/C16H14BrFO3/c17-13-9-16-15(20-4-5-21-16)8-12(13)14(19)7-10-2-1-3-11(18)6-10/h1-3,6,8-9,14,19H,4-5,7H2. The van der Waals surface area contributed by atoms with E-state index in [1.54, 1.807) is 24.3 Å². The highest BCUT2D eigenvalue weighted by Crippen LogP contribution is 2.38. The molecule has 0 bridgehead atoms. The third-order valence-electron chi connectivity index (χ3n) is 3.34. The van der Waals surface area contributed by atoms with Crippen molar-refractivity contribution in [2.75, 3.05) is 13.2 Å². The number of halogens is 2. The van der Waals surface area contributed by atoms with Gasteiger partial charge in [0.05, 0.1) is 6.10 Å². The monoisotopic (exact) mass is 352 g/mol. The Morgan fingerprint density at radius 1 is 1.14 bits per heavy atom. The fourth-order valence-corrected chi connectivity index (χ4v) is 2.92. The molecule has 110 valence electrons. The maximum Gasteiger partial charge on any atom is 0.162 e. The van der Waals surface area contributed by atoms with Gasteiger partial charge in [0.15, 0.2) is 11.5 Å². The first kappa shape index (κ1) is 14.4. The Balaban J connectivity index is 1.85. The van der Waals surface area contributed by atoms with Crippen LogP contribution in [0.3, 0.4) is 0 Å². The summed E-state index contributed by atoms with van der Waals surface area (Å²) in [7, 11) is 0. The van der Waals surface area contributed by atoms with Crippen molar-refractivity contribution in [3.63, 3.8) is 0 Å². The quantitative estimate of drug-likeness (QED) is 0.916. The number of benzene rings is 2. The van der Waals surface area contributed by atoms with Crippen molar-refractivity contribution in [3.05, 3.63) is 57.8 Å². The summed E-state index contributed by atoms with van der Waals surface area (Å²) in [5.41, 5.74) is 1.44. The molecule has 0 aliphatic carbocycles. The summed E-state index contributed by atoms with van der Waals surface area (Å²) >= 11 is 3.43. The second-order valence-electron chi connectivity index (χ2n) is 4.87. The van der Waals surface area contributed by atoms with Crippen molar-refractivity contribution in [2.24, 2.45) is 0 Å². The van der Waals surface area contributed by atoms with Crippen molar-refractivity contribution in [1.29, 1.82) is 0 Å². The van der Waals surface area contributed by atoms with E-state index in [1.165, 1.54) is 12.1 Å². The highest BCUT2D eigenvalue weighted by molar-refractivity contribution is 9.10. The van der Waals surface area contributed by atoms with Gasteiger partial charge in [-0.2, -0.15) is 0 Å². The Morgan fingerprint density at radius 3 is 2.57 bits per heavy atom. The number of hydrogen-bond acceptors (Lipinski definition) is 3. The zero-order valence-corrected chi connectivity index (χ0v) is 12.8. The van der Waals surface area contributed by atoms with Gasteiger partial charge in [-0.05, 0) is 35.4 Å². The summed E-state index contributed by atoms with van der Waals surface area (Å²) in [6.45, 7) is 1.01. The molecule has 3 rings (SSSR count). The SMILES string of the molecule is OC(Cc1cccc(F)c1)c1cc2c(cc1Br)OCCO2. The zero-order chi connectivity index (χ0) is 14.8. The molecule has 1 N–H and O–H groups in total. The Labute approximate surface area is 130 Å². The molecule has 21 heavy (non-hydrogen) atoms. The number of ether oxygens (including phenoxy) is 2. The molecule has 3 nitrogen and oxygen atoms in total. The summed E-state index contributed by atoms with van der Waals surface area (Å²) in [6, 6.07) is 9.79. The fraction of sp³-hybridized carbons (Fsp3) is 0.250. The van der Waals surface area contributed by atoms with E-state index >= 15 is 0 Å². The first-order valence-electron chi connectivity index (χ1n) is 6.65. The molecule has 5 heteroatoms. The maximum atomic E-state index is 13.2. The average molecular weight is 353 g/mol. The number of rotatable bonds is 3. The average Bonchev–Trinajstić information content (AvgIpc) is 2.46. The molecule has 1 heterocycles. The van der Waals surface area contributed by atoms with Crippen molar-refractivity contribution in [3.8, 4) is 11.5 Å². The molecule has 1 aliphatic heterocycles. The van der Waals surface area contributed by atoms with Crippen LogP contribution >= 0.6 is 15.9 Å². The van der Waals surface area contributed by atoms with Gasteiger partial charge < -0.3 is 14.6 Å². The molecule has 0 radical (unpaired) electrons. The third-order valence-corrected chi connectivity index (χ3v) is 4.03. The van der Waals surface area contributed by atoms with Crippen LogP contribution < -0.4 is 9.47 Å². The van der Waals surface area contributed by atoms with E-state index in [-0.39, 0.29) is 5.82 Å². The van der Waals surface area contributed by atoms with Crippen LogP contribution in [0.1, 0.15) is 17.2 Å². The highest BCUT2D eigenvalue weighted by atomic mass is 79.9.